The van der Waals surface area contributed by atoms with Crippen LogP contribution in [0.3, 0.4) is 0 Å². The van der Waals surface area contributed by atoms with Crippen LogP contribution in [0, 0.1) is 5.92 Å². The molecule has 1 N–H and O–H groups in total. The molecule has 1 aromatic heterocycles. The summed E-state index contributed by atoms with van der Waals surface area (Å²) < 4.78 is 0. The summed E-state index contributed by atoms with van der Waals surface area (Å²) in [7, 11) is 0. The van der Waals surface area contributed by atoms with E-state index in [2.05, 4.69) is 11.9 Å². The molecule has 2 unspecified atom stereocenters. The fourth-order valence-electron chi connectivity index (χ4n) is 2.95. The van der Waals surface area contributed by atoms with Gasteiger partial charge in [-0.05, 0) is 36.8 Å². The van der Waals surface area contributed by atoms with Gasteiger partial charge < -0.3 is 5.11 Å². The number of nitrogens with zero attached hydrogens (tertiary/aromatic N) is 1. The quantitative estimate of drug-likeness (QED) is 0.840. The lowest BCUT2D eigenvalue weighted by Crippen LogP contribution is -2.30. The third-order valence-electron chi connectivity index (χ3n) is 4.23. The summed E-state index contributed by atoms with van der Waals surface area (Å²) >= 11 is 6.13. The molecular formula is C15H22ClNO. The molecule has 0 saturated heterocycles. The van der Waals surface area contributed by atoms with Gasteiger partial charge in [0, 0.05) is 18.8 Å². The number of pyridine rings is 1. The van der Waals surface area contributed by atoms with Crippen molar-refractivity contribution in [2.75, 3.05) is 0 Å². The summed E-state index contributed by atoms with van der Waals surface area (Å²) in [6.07, 6.45) is 10.6. The van der Waals surface area contributed by atoms with E-state index in [0.717, 1.165) is 37.2 Å². The molecule has 1 aromatic rings. The Morgan fingerprint density at radius 1 is 1.44 bits per heavy atom. The van der Waals surface area contributed by atoms with Crippen LogP contribution in [0.25, 0.3) is 0 Å². The molecule has 1 fully saturated rings. The number of aliphatic hydroxyl groups is 1. The van der Waals surface area contributed by atoms with Gasteiger partial charge in [-0.3, -0.25) is 4.98 Å². The molecule has 1 heterocycles. The van der Waals surface area contributed by atoms with E-state index in [1.807, 2.05) is 6.07 Å². The van der Waals surface area contributed by atoms with Crippen molar-refractivity contribution < 1.29 is 5.11 Å². The molecule has 2 atom stereocenters. The Bertz CT molecular complexity index is 396. The van der Waals surface area contributed by atoms with Crippen molar-refractivity contribution in [2.24, 2.45) is 5.92 Å². The Morgan fingerprint density at radius 2 is 2.28 bits per heavy atom. The molecule has 2 rings (SSSR count). The molecule has 2 nitrogen and oxygen atoms in total. The van der Waals surface area contributed by atoms with Crippen LogP contribution in [0.5, 0.6) is 0 Å². The number of aromatic nitrogens is 1. The SMILES string of the molecule is CCC1CCCC(O)(Cc2ccncc2Cl)CC1. The zero-order chi connectivity index (χ0) is 13.0. The van der Waals surface area contributed by atoms with E-state index >= 15 is 0 Å². The predicted octanol–water partition coefficient (Wildman–Crippen LogP) is 4.00. The number of hydrogen-bond donors (Lipinski definition) is 1. The lowest BCUT2D eigenvalue weighted by molar-refractivity contribution is 0.0242. The highest BCUT2D eigenvalue weighted by Crippen LogP contribution is 2.35. The standard InChI is InChI=1S/C15H22ClNO/c1-2-12-4-3-7-15(18,8-5-12)10-13-6-9-17-11-14(13)16/h6,9,11-12,18H,2-5,7-8,10H2,1H3. The first-order valence-corrected chi connectivity index (χ1v) is 7.31. The number of rotatable bonds is 3. The van der Waals surface area contributed by atoms with E-state index in [1.54, 1.807) is 12.4 Å². The van der Waals surface area contributed by atoms with E-state index < -0.39 is 5.60 Å². The van der Waals surface area contributed by atoms with E-state index in [0.29, 0.717) is 11.4 Å². The van der Waals surface area contributed by atoms with Gasteiger partial charge in [-0.15, -0.1) is 0 Å². The first-order valence-electron chi connectivity index (χ1n) is 6.94. The summed E-state index contributed by atoms with van der Waals surface area (Å²) in [6, 6.07) is 1.92. The summed E-state index contributed by atoms with van der Waals surface area (Å²) in [5, 5.41) is 11.4. The van der Waals surface area contributed by atoms with Gasteiger partial charge in [-0.25, -0.2) is 0 Å². The molecule has 0 aromatic carbocycles. The van der Waals surface area contributed by atoms with Crippen molar-refractivity contribution in [3.05, 3.63) is 29.0 Å². The monoisotopic (exact) mass is 267 g/mol. The van der Waals surface area contributed by atoms with Gasteiger partial charge in [0.2, 0.25) is 0 Å². The van der Waals surface area contributed by atoms with Crippen molar-refractivity contribution in [1.29, 1.82) is 0 Å². The normalized spacial score (nSPS) is 28.9. The molecule has 1 aliphatic carbocycles. The highest BCUT2D eigenvalue weighted by atomic mass is 35.5. The summed E-state index contributed by atoms with van der Waals surface area (Å²) in [5.74, 6) is 0.784. The van der Waals surface area contributed by atoms with Crippen molar-refractivity contribution in [3.8, 4) is 0 Å². The topological polar surface area (TPSA) is 33.1 Å². The van der Waals surface area contributed by atoms with Crippen molar-refractivity contribution in [3.63, 3.8) is 0 Å². The fraction of sp³-hybridized carbons (Fsp3) is 0.667. The van der Waals surface area contributed by atoms with Crippen molar-refractivity contribution in [1.82, 2.24) is 4.98 Å². The summed E-state index contributed by atoms with van der Waals surface area (Å²) in [4.78, 5) is 3.99. The lowest BCUT2D eigenvalue weighted by atomic mass is 9.87. The number of hydrogen-bond acceptors (Lipinski definition) is 2. The van der Waals surface area contributed by atoms with Gasteiger partial charge in [0.25, 0.3) is 0 Å². The lowest BCUT2D eigenvalue weighted by Gasteiger charge is -2.27. The molecule has 100 valence electrons. The zero-order valence-corrected chi connectivity index (χ0v) is 11.8. The Hall–Kier alpha value is -0.600. The Kier molecular flexibility index (Phi) is 4.63. The van der Waals surface area contributed by atoms with Gasteiger partial charge >= 0.3 is 0 Å². The maximum absolute atomic E-state index is 10.8. The van der Waals surface area contributed by atoms with Crippen LogP contribution in [-0.4, -0.2) is 15.7 Å². The molecule has 0 radical (unpaired) electrons. The second-order valence-electron chi connectivity index (χ2n) is 5.57. The van der Waals surface area contributed by atoms with Gasteiger partial charge in [-0.2, -0.15) is 0 Å². The second-order valence-corrected chi connectivity index (χ2v) is 5.98. The van der Waals surface area contributed by atoms with E-state index in [-0.39, 0.29) is 0 Å². The molecule has 0 bridgehead atoms. The second kappa shape index (κ2) is 6.03. The smallest absolute Gasteiger partial charge is 0.0688 e. The minimum atomic E-state index is -0.574. The van der Waals surface area contributed by atoms with E-state index in [4.69, 9.17) is 11.6 Å². The first-order chi connectivity index (χ1) is 8.63. The maximum atomic E-state index is 10.8. The number of halogens is 1. The molecule has 3 heteroatoms. The van der Waals surface area contributed by atoms with Crippen molar-refractivity contribution >= 4 is 11.6 Å². The molecular weight excluding hydrogens is 246 g/mol. The molecule has 1 aliphatic rings. The van der Waals surface area contributed by atoms with Crippen LogP contribution in [0.2, 0.25) is 5.02 Å². The zero-order valence-electron chi connectivity index (χ0n) is 11.0. The summed E-state index contributed by atoms with van der Waals surface area (Å²) in [6.45, 7) is 2.24. The molecule has 0 amide bonds. The van der Waals surface area contributed by atoms with E-state index in [9.17, 15) is 5.11 Å². The third kappa shape index (κ3) is 3.46. The third-order valence-corrected chi connectivity index (χ3v) is 4.57. The highest BCUT2D eigenvalue weighted by Gasteiger charge is 2.31. The van der Waals surface area contributed by atoms with Crippen LogP contribution in [0.15, 0.2) is 18.5 Å². The van der Waals surface area contributed by atoms with Gasteiger partial charge in [0.05, 0.1) is 10.6 Å². The average Bonchev–Trinajstić information content (AvgIpc) is 2.54. The van der Waals surface area contributed by atoms with Crippen LogP contribution < -0.4 is 0 Å². The molecule has 0 aliphatic heterocycles. The predicted molar refractivity (Wildman–Crippen MR) is 74.8 cm³/mol. The van der Waals surface area contributed by atoms with Crippen LogP contribution in [0.1, 0.15) is 51.0 Å². The fourth-order valence-corrected chi connectivity index (χ4v) is 3.13. The Balaban J connectivity index is 2.05. The Morgan fingerprint density at radius 3 is 3.00 bits per heavy atom. The van der Waals surface area contributed by atoms with Gasteiger partial charge in [0.15, 0.2) is 0 Å². The van der Waals surface area contributed by atoms with E-state index in [1.165, 1.54) is 12.8 Å². The summed E-state index contributed by atoms with van der Waals surface area (Å²) in [5.41, 5.74) is 0.443. The molecule has 0 spiro atoms. The van der Waals surface area contributed by atoms with Gasteiger partial charge in [-0.1, -0.05) is 37.8 Å². The van der Waals surface area contributed by atoms with Crippen LogP contribution in [0.4, 0.5) is 0 Å². The maximum Gasteiger partial charge on any atom is 0.0688 e. The minimum Gasteiger partial charge on any atom is -0.390 e. The highest BCUT2D eigenvalue weighted by molar-refractivity contribution is 6.31. The molecule has 18 heavy (non-hydrogen) atoms. The largest absolute Gasteiger partial charge is 0.390 e. The van der Waals surface area contributed by atoms with Crippen molar-refractivity contribution in [2.45, 2.75) is 57.5 Å². The molecule has 1 saturated carbocycles. The first kappa shape index (κ1) is 13.8. The van der Waals surface area contributed by atoms with Crippen LogP contribution >= 0.6 is 11.6 Å². The average molecular weight is 268 g/mol. The van der Waals surface area contributed by atoms with Gasteiger partial charge in [0.1, 0.15) is 0 Å². The Labute approximate surface area is 114 Å². The van der Waals surface area contributed by atoms with Crippen LogP contribution in [-0.2, 0) is 6.42 Å². The minimum absolute atomic E-state index is 0.574.